The molecule has 1 amide bonds. The molecule has 3 N–H and O–H groups in total. The first kappa shape index (κ1) is 27.2. The fraction of sp³-hybridized carbons (Fsp3) is 0.320. The van der Waals surface area contributed by atoms with Crippen LogP contribution in [0.15, 0.2) is 52.5 Å². The van der Waals surface area contributed by atoms with Gasteiger partial charge in [0.2, 0.25) is 0 Å². The van der Waals surface area contributed by atoms with Gasteiger partial charge in [-0.3, -0.25) is 9.89 Å². The fourth-order valence-corrected chi connectivity index (χ4v) is 5.60. The molecule has 0 saturated carbocycles. The topological polar surface area (TPSA) is 93.6 Å². The number of aliphatic hydroxyl groups is 1. The van der Waals surface area contributed by atoms with Crippen molar-refractivity contribution < 1.29 is 36.2 Å². The number of benzene rings is 2. The highest BCUT2D eigenvalue weighted by atomic mass is 32.2. The maximum atomic E-state index is 13.9. The first-order valence-corrected chi connectivity index (χ1v) is 12.6. The van der Waals surface area contributed by atoms with Crippen molar-refractivity contribution in [1.29, 1.82) is 0 Å². The number of nitrogens with one attached hydrogen (secondary N) is 2. The molecule has 206 valence electrons. The Balaban J connectivity index is 1.59. The second-order valence-electron chi connectivity index (χ2n) is 9.11. The first-order chi connectivity index (χ1) is 18.4. The van der Waals surface area contributed by atoms with Crippen molar-refractivity contribution in [3.63, 3.8) is 0 Å². The number of aromatic amines is 1. The summed E-state index contributed by atoms with van der Waals surface area (Å²) >= 11 is 1.00. The molecule has 2 aliphatic rings. The van der Waals surface area contributed by atoms with Crippen LogP contribution in [0.3, 0.4) is 0 Å². The number of alkyl halides is 6. The highest BCUT2D eigenvalue weighted by Crippen LogP contribution is 2.42. The predicted octanol–water partition coefficient (Wildman–Crippen LogP) is 4.45. The molecule has 0 spiro atoms. The third kappa shape index (κ3) is 5.68. The van der Waals surface area contributed by atoms with Gasteiger partial charge < -0.3 is 15.3 Å². The van der Waals surface area contributed by atoms with Crippen molar-refractivity contribution in [3.8, 4) is 0 Å². The maximum Gasteiger partial charge on any atom is 0.416 e. The average molecular weight is 570 g/mol. The quantitative estimate of drug-likeness (QED) is 0.318. The molecule has 1 saturated heterocycles. The standard InChI is InChI=1S/C25H21F6N5O2S/c26-24(27,28)16-3-1-14(19(9-16)25(29,30)31)8-18(13-2-4-20-15(7-13)10-33-35-20)21-22(38)34-23(39-21)36-6-5-32-17(11-36)12-37/h1-4,7,9-10,17,32,37H,5-6,8,11-12H2,(H,33,35)/t17-/m0/s1. The Hall–Kier alpha value is -3.36. The Morgan fingerprint density at radius 2 is 1.90 bits per heavy atom. The third-order valence-electron chi connectivity index (χ3n) is 6.50. The molecule has 2 aliphatic heterocycles. The number of aromatic nitrogens is 2. The molecule has 3 aromatic rings. The minimum atomic E-state index is -5.06. The Morgan fingerprint density at radius 1 is 1.10 bits per heavy atom. The number of carbonyl (C=O) groups excluding carboxylic acids is 1. The number of piperazine rings is 1. The van der Waals surface area contributed by atoms with Gasteiger partial charge in [-0.1, -0.05) is 12.1 Å². The van der Waals surface area contributed by atoms with Gasteiger partial charge in [-0.15, -0.1) is 0 Å². The van der Waals surface area contributed by atoms with E-state index in [2.05, 4.69) is 20.5 Å². The number of H-pyrrole nitrogens is 1. The van der Waals surface area contributed by atoms with Crippen LogP contribution in [0.4, 0.5) is 26.3 Å². The number of aliphatic hydroxyl groups excluding tert-OH is 1. The van der Waals surface area contributed by atoms with Crippen LogP contribution in [0, 0.1) is 0 Å². The summed E-state index contributed by atoms with van der Waals surface area (Å²) in [5.74, 6) is -0.656. The smallest absolute Gasteiger partial charge is 0.395 e. The van der Waals surface area contributed by atoms with E-state index in [0.29, 0.717) is 47.3 Å². The van der Waals surface area contributed by atoms with E-state index in [1.54, 1.807) is 18.2 Å². The number of amidine groups is 1. The van der Waals surface area contributed by atoms with Gasteiger partial charge in [0.25, 0.3) is 5.91 Å². The van der Waals surface area contributed by atoms with Crippen molar-refractivity contribution >= 4 is 39.3 Å². The molecule has 0 bridgehead atoms. The minimum absolute atomic E-state index is 0.0833. The summed E-state index contributed by atoms with van der Waals surface area (Å²) in [6.45, 7) is 1.27. The van der Waals surface area contributed by atoms with Gasteiger partial charge in [-0.05, 0) is 59.1 Å². The molecule has 39 heavy (non-hydrogen) atoms. The van der Waals surface area contributed by atoms with E-state index in [0.717, 1.165) is 17.8 Å². The van der Waals surface area contributed by atoms with Crippen LogP contribution in [0.25, 0.3) is 16.5 Å². The van der Waals surface area contributed by atoms with Gasteiger partial charge in [-0.25, -0.2) is 0 Å². The molecule has 0 aliphatic carbocycles. The molecular formula is C25H21F6N5O2S. The highest BCUT2D eigenvalue weighted by molar-refractivity contribution is 8.18. The first-order valence-electron chi connectivity index (χ1n) is 11.8. The normalized spacial score (nSPS) is 20.1. The van der Waals surface area contributed by atoms with E-state index < -0.39 is 41.4 Å². The Morgan fingerprint density at radius 3 is 2.62 bits per heavy atom. The number of thioether (sulfide) groups is 1. The Bertz CT molecular complexity index is 1480. The lowest BCUT2D eigenvalue weighted by molar-refractivity contribution is -0.143. The SMILES string of the molecule is O=C1N=C(N2CCN[C@H](CO)C2)SC1=C(Cc1ccc(C(F)(F)F)cc1C(F)(F)F)c1ccc2[nH]ncc2c1. The number of halogens is 6. The third-order valence-corrected chi connectivity index (χ3v) is 7.66. The fourth-order valence-electron chi connectivity index (χ4n) is 4.55. The van der Waals surface area contributed by atoms with Crippen molar-refractivity contribution in [2.24, 2.45) is 4.99 Å². The molecule has 1 fully saturated rings. The summed E-state index contributed by atoms with van der Waals surface area (Å²) in [7, 11) is 0. The largest absolute Gasteiger partial charge is 0.416 e. The molecule has 1 atom stereocenters. The van der Waals surface area contributed by atoms with Crippen LogP contribution < -0.4 is 5.32 Å². The summed E-state index contributed by atoms with van der Waals surface area (Å²) in [5.41, 5.74) is -1.98. The van der Waals surface area contributed by atoms with Gasteiger partial charge >= 0.3 is 12.4 Å². The monoisotopic (exact) mass is 569 g/mol. The second-order valence-corrected chi connectivity index (χ2v) is 10.1. The van der Waals surface area contributed by atoms with E-state index in [4.69, 9.17) is 0 Å². The van der Waals surface area contributed by atoms with E-state index in [-0.39, 0.29) is 29.2 Å². The number of allylic oxidation sites excluding steroid dienone is 1. The van der Waals surface area contributed by atoms with Crippen LogP contribution in [-0.2, 0) is 23.6 Å². The van der Waals surface area contributed by atoms with E-state index in [1.165, 1.54) is 6.20 Å². The van der Waals surface area contributed by atoms with Gasteiger partial charge in [0.05, 0.1) is 34.4 Å². The summed E-state index contributed by atoms with van der Waals surface area (Å²) < 4.78 is 81.5. The number of aliphatic imine (C=N–C) groups is 1. The zero-order valence-corrected chi connectivity index (χ0v) is 20.8. The highest BCUT2D eigenvalue weighted by Gasteiger charge is 2.39. The van der Waals surface area contributed by atoms with Crippen LogP contribution in [-0.4, -0.2) is 63.6 Å². The number of carbonyl (C=O) groups is 1. The minimum Gasteiger partial charge on any atom is -0.395 e. The lowest BCUT2D eigenvalue weighted by Gasteiger charge is -2.33. The van der Waals surface area contributed by atoms with Crippen molar-refractivity contribution in [1.82, 2.24) is 20.4 Å². The Labute approximate surface area is 222 Å². The molecular weight excluding hydrogens is 548 g/mol. The van der Waals surface area contributed by atoms with Gasteiger partial charge in [-0.2, -0.15) is 36.4 Å². The van der Waals surface area contributed by atoms with Crippen LogP contribution >= 0.6 is 11.8 Å². The molecule has 2 aromatic carbocycles. The van der Waals surface area contributed by atoms with E-state index in [9.17, 15) is 36.2 Å². The van der Waals surface area contributed by atoms with Crippen molar-refractivity contribution in [2.75, 3.05) is 26.2 Å². The summed E-state index contributed by atoms with van der Waals surface area (Å²) in [4.78, 5) is 19.1. The number of rotatable bonds is 4. The molecule has 0 radical (unpaired) electrons. The lowest BCUT2D eigenvalue weighted by Crippen LogP contribution is -2.53. The average Bonchev–Trinajstić information content (AvgIpc) is 3.52. The predicted molar refractivity (Wildman–Crippen MR) is 134 cm³/mol. The Kier molecular flexibility index (Phi) is 7.20. The number of hydrogen-bond acceptors (Lipinski definition) is 6. The van der Waals surface area contributed by atoms with E-state index in [1.807, 2.05) is 4.90 Å². The van der Waals surface area contributed by atoms with Gasteiger partial charge in [0, 0.05) is 31.1 Å². The van der Waals surface area contributed by atoms with E-state index >= 15 is 0 Å². The van der Waals surface area contributed by atoms with Crippen molar-refractivity contribution in [2.45, 2.75) is 24.8 Å². The zero-order chi connectivity index (χ0) is 27.9. The molecule has 7 nitrogen and oxygen atoms in total. The van der Waals surface area contributed by atoms with Gasteiger partial charge in [0.15, 0.2) is 5.17 Å². The summed E-state index contributed by atoms with van der Waals surface area (Å²) in [6.07, 6.45) is -8.97. The van der Waals surface area contributed by atoms with Crippen LogP contribution in [0.2, 0.25) is 0 Å². The van der Waals surface area contributed by atoms with Crippen LogP contribution in [0.5, 0.6) is 0 Å². The van der Waals surface area contributed by atoms with Crippen molar-refractivity contribution in [3.05, 3.63) is 69.8 Å². The van der Waals surface area contributed by atoms with Crippen LogP contribution in [0.1, 0.15) is 22.3 Å². The number of nitrogens with zero attached hydrogens (tertiary/aromatic N) is 3. The lowest BCUT2D eigenvalue weighted by atomic mass is 9.92. The second kappa shape index (κ2) is 10.3. The number of fused-ring (bicyclic) bond motifs is 1. The molecule has 1 aromatic heterocycles. The summed E-state index contributed by atoms with van der Waals surface area (Å²) in [6, 6.07) is 6.18. The number of amides is 1. The summed E-state index contributed by atoms with van der Waals surface area (Å²) in [5, 5.41) is 20.3. The van der Waals surface area contributed by atoms with Gasteiger partial charge in [0.1, 0.15) is 0 Å². The zero-order valence-electron chi connectivity index (χ0n) is 20.0. The number of hydrogen-bond donors (Lipinski definition) is 3. The maximum absolute atomic E-state index is 13.9. The molecule has 0 unspecified atom stereocenters. The molecule has 5 rings (SSSR count). The molecule has 3 heterocycles. The molecule has 14 heteroatoms.